The fraction of sp³-hybridized carbons (Fsp3) is 0.562. The summed E-state index contributed by atoms with van der Waals surface area (Å²) in [5.74, 6) is 3.68. The van der Waals surface area contributed by atoms with E-state index < -0.39 is 5.60 Å². The maximum Gasteiger partial charge on any atom is 0.124 e. The number of rotatable bonds is 3. The van der Waals surface area contributed by atoms with Gasteiger partial charge in [-0.1, -0.05) is 0 Å². The molecule has 1 heterocycles. The first-order valence-electron chi connectivity index (χ1n) is 7.19. The van der Waals surface area contributed by atoms with Gasteiger partial charge in [0.05, 0.1) is 36.4 Å². The molecular formula is C16H19NO3S2. The molecule has 0 saturated carbocycles. The summed E-state index contributed by atoms with van der Waals surface area (Å²) in [6.07, 6.45) is 1.13. The standard InChI is InChI=1S/C16H19NO3S2/c1-19-12-3-4-13(20-2)14-11(12)9-15(18,5-6-17)10-16(14)21-7-8-22-16/h3-4,18H,5,7-10H2,1-2H3/t15-/m0/s1. The third-order valence-corrected chi connectivity index (χ3v) is 7.69. The molecule has 2 aliphatic rings. The van der Waals surface area contributed by atoms with E-state index in [0.29, 0.717) is 12.8 Å². The lowest BCUT2D eigenvalue weighted by Crippen LogP contribution is -2.43. The van der Waals surface area contributed by atoms with Gasteiger partial charge in [0.25, 0.3) is 0 Å². The molecule has 1 aromatic rings. The fourth-order valence-electron chi connectivity index (χ4n) is 3.45. The Hall–Kier alpha value is -1.03. The molecule has 0 aromatic heterocycles. The van der Waals surface area contributed by atoms with Crippen molar-refractivity contribution in [1.82, 2.24) is 0 Å². The van der Waals surface area contributed by atoms with E-state index in [1.54, 1.807) is 14.2 Å². The first kappa shape index (κ1) is 15.9. The van der Waals surface area contributed by atoms with Crippen LogP contribution in [0.4, 0.5) is 0 Å². The Morgan fingerprint density at radius 3 is 2.45 bits per heavy atom. The van der Waals surface area contributed by atoms with Crippen molar-refractivity contribution in [2.75, 3.05) is 25.7 Å². The number of fused-ring (bicyclic) bond motifs is 2. The highest BCUT2D eigenvalue weighted by molar-refractivity contribution is 8.20. The van der Waals surface area contributed by atoms with Crippen LogP contribution in [0.3, 0.4) is 0 Å². The Morgan fingerprint density at radius 2 is 1.86 bits per heavy atom. The van der Waals surface area contributed by atoms with E-state index in [1.165, 1.54) is 0 Å². The van der Waals surface area contributed by atoms with Crippen LogP contribution in [-0.2, 0) is 10.5 Å². The third-order valence-electron chi connectivity index (χ3n) is 4.28. The van der Waals surface area contributed by atoms with Crippen LogP contribution in [0.5, 0.6) is 11.5 Å². The molecule has 1 saturated heterocycles. The summed E-state index contributed by atoms with van der Waals surface area (Å²) < 4.78 is 10.9. The molecule has 6 heteroatoms. The Bertz CT molecular complexity index is 623. The number of methoxy groups -OCH3 is 2. The van der Waals surface area contributed by atoms with Gasteiger partial charge in [-0.3, -0.25) is 0 Å². The minimum absolute atomic E-state index is 0.135. The quantitative estimate of drug-likeness (QED) is 0.915. The Labute approximate surface area is 139 Å². The summed E-state index contributed by atoms with van der Waals surface area (Å²) >= 11 is 3.69. The molecular weight excluding hydrogens is 318 g/mol. The molecule has 22 heavy (non-hydrogen) atoms. The summed E-state index contributed by atoms with van der Waals surface area (Å²) in [6.45, 7) is 0. The molecule has 0 bridgehead atoms. The molecule has 0 unspecified atom stereocenters. The average molecular weight is 337 g/mol. The van der Waals surface area contributed by atoms with E-state index in [2.05, 4.69) is 6.07 Å². The van der Waals surface area contributed by atoms with E-state index >= 15 is 0 Å². The van der Waals surface area contributed by atoms with E-state index in [9.17, 15) is 5.11 Å². The summed E-state index contributed by atoms with van der Waals surface area (Å²) in [6, 6.07) is 5.96. The van der Waals surface area contributed by atoms with Gasteiger partial charge in [-0.05, 0) is 12.1 Å². The number of aliphatic hydroxyl groups is 1. The van der Waals surface area contributed by atoms with Gasteiger partial charge in [-0.25, -0.2) is 0 Å². The minimum Gasteiger partial charge on any atom is -0.496 e. The first-order chi connectivity index (χ1) is 10.6. The van der Waals surface area contributed by atoms with Crippen LogP contribution < -0.4 is 9.47 Å². The van der Waals surface area contributed by atoms with Crippen LogP contribution in [0, 0.1) is 11.3 Å². The molecule has 1 aliphatic heterocycles. The van der Waals surface area contributed by atoms with Crippen molar-refractivity contribution in [2.24, 2.45) is 0 Å². The summed E-state index contributed by atoms with van der Waals surface area (Å²) in [7, 11) is 3.32. The lowest BCUT2D eigenvalue weighted by atomic mass is 9.77. The van der Waals surface area contributed by atoms with Crippen LogP contribution in [-0.4, -0.2) is 36.4 Å². The highest BCUT2D eigenvalue weighted by Gasteiger charge is 2.52. The molecule has 3 rings (SSSR count). The largest absolute Gasteiger partial charge is 0.496 e. The predicted octanol–water partition coefficient (Wildman–Crippen LogP) is 2.93. The number of nitrogens with zero attached hydrogens (tertiary/aromatic N) is 1. The molecule has 118 valence electrons. The predicted molar refractivity (Wildman–Crippen MR) is 89.6 cm³/mol. The summed E-state index contributed by atoms with van der Waals surface area (Å²) in [4.78, 5) is 0. The van der Waals surface area contributed by atoms with Crippen molar-refractivity contribution in [3.8, 4) is 17.6 Å². The Balaban J connectivity index is 2.21. The Morgan fingerprint density at radius 1 is 1.23 bits per heavy atom. The molecule has 0 radical (unpaired) electrons. The number of benzene rings is 1. The highest BCUT2D eigenvalue weighted by atomic mass is 32.2. The molecule has 1 spiro atoms. The van der Waals surface area contributed by atoms with E-state index in [4.69, 9.17) is 14.7 Å². The topological polar surface area (TPSA) is 62.5 Å². The van der Waals surface area contributed by atoms with Crippen LogP contribution in [0.15, 0.2) is 12.1 Å². The summed E-state index contributed by atoms with van der Waals surface area (Å²) in [5, 5.41) is 20.1. The minimum atomic E-state index is -1.01. The monoisotopic (exact) mass is 337 g/mol. The smallest absolute Gasteiger partial charge is 0.124 e. The van der Waals surface area contributed by atoms with Crippen molar-refractivity contribution in [3.05, 3.63) is 23.3 Å². The molecule has 4 nitrogen and oxygen atoms in total. The lowest BCUT2D eigenvalue weighted by Gasteiger charge is -2.43. The SMILES string of the molecule is COc1ccc(OC)c2c1C[C@@](O)(CC#N)CC21SCCS1. The second-order valence-electron chi connectivity index (χ2n) is 5.69. The maximum absolute atomic E-state index is 11.0. The molecule has 1 fully saturated rings. The molecule has 0 amide bonds. The van der Waals surface area contributed by atoms with Crippen LogP contribution in [0.2, 0.25) is 0 Å². The van der Waals surface area contributed by atoms with Gasteiger partial charge in [0, 0.05) is 35.5 Å². The van der Waals surface area contributed by atoms with Crippen LogP contribution in [0.25, 0.3) is 0 Å². The molecule has 1 atom stereocenters. The zero-order valence-electron chi connectivity index (χ0n) is 12.7. The van der Waals surface area contributed by atoms with Crippen molar-refractivity contribution in [2.45, 2.75) is 28.9 Å². The number of nitriles is 1. The van der Waals surface area contributed by atoms with Crippen LogP contribution in [0.1, 0.15) is 24.0 Å². The third kappa shape index (κ3) is 2.45. The van der Waals surface area contributed by atoms with Crippen molar-refractivity contribution >= 4 is 23.5 Å². The number of hydrogen-bond donors (Lipinski definition) is 1. The second kappa shape index (κ2) is 5.88. The Kier molecular flexibility index (Phi) is 4.23. The van der Waals surface area contributed by atoms with Crippen molar-refractivity contribution in [3.63, 3.8) is 0 Å². The first-order valence-corrected chi connectivity index (χ1v) is 9.16. The summed E-state index contributed by atoms with van der Waals surface area (Å²) in [5.41, 5.74) is 1.10. The number of hydrogen-bond acceptors (Lipinski definition) is 6. The van der Waals surface area contributed by atoms with Crippen molar-refractivity contribution < 1.29 is 14.6 Å². The van der Waals surface area contributed by atoms with Gasteiger partial charge in [-0.2, -0.15) is 5.26 Å². The zero-order chi connectivity index (χ0) is 15.8. The lowest BCUT2D eigenvalue weighted by molar-refractivity contribution is 0.0260. The van der Waals surface area contributed by atoms with Gasteiger partial charge < -0.3 is 14.6 Å². The van der Waals surface area contributed by atoms with Gasteiger partial charge in [-0.15, -0.1) is 23.5 Å². The normalized spacial score (nSPS) is 25.5. The second-order valence-corrected chi connectivity index (χ2v) is 8.73. The maximum atomic E-state index is 11.0. The molecule has 1 aromatic carbocycles. The van der Waals surface area contributed by atoms with Gasteiger partial charge in [0.1, 0.15) is 11.5 Å². The highest BCUT2D eigenvalue weighted by Crippen LogP contribution is 2.63. The average Bonchev–Trinajstić information content (AvgIpc) is 2.94. The van der Waals surface area contributed by atoms with E-state index in [1.807, 2.05) is 35.7 Å². The molecule has 1 aliphatic carbocycles. The fourth-order valence-corrected chi connectivity index (χ4v) is 7.09. The zero-order valence-corrected chi connectivity index (χ0v) is 14.4. The van der Waals surface area contributed by atoms with Gasteiger partial charge in [0.15, 0.2) is 0 Å². The van der Waals surface area contributed by atoms with Crippen LogP contribution >= 0.6 is 23.5 Å². The van der Waals surface area contributed by atoms with Gasteiger partial charge in [0.2, 0.25) is 0 Å². The van der Waals surface area contributed by atoms with E-state index in [-0.39, 0.29) is 10.5 Å². The van der Waals surface area contributed by atoms with E-state index in [0.717, 1.165) is 34.1 Å². The van der Waals surface area contributed by atoms with Gasteiger partial charge >= 0.3 is 0 Å². The van der Waals surface area contributed by atoms with Crippen molar-refractivity contribution in [1.29, 1.82) is 5.26 Å². The number of thioether (sulfide) groups is 2. The molecule has 1 N–H and O–H groups in total. The number of ether oxygens (including phenoxy) is 2.